The third-order valence-electron chi connectivity index (χ3n) is 2.83. The van der Waals surface area contributed by atoms with Gasteiger partial charge in [0.2, 0.25) is 0 Å². The second kappa shape index (κ2) is 10.9. The molecule has 0 saturated heterocycles. The molecule has 0 atom stereocenters. The Bertz CT molecular complexity index is 271. The highest BCUT2D eigenvalue weighted by molar-refractivity contribution is 5.78. The highest BCUT2D eigenvalue weighted by atomic mass is 16.4. The molecule has 0 rings (SSSR count). The molecule has 104 valence electrons. The molecule has 0 unspecified atom stereocenters. The Morgan fingerprint density at radius 1 is 0.722 bits per heavy atom. The molecular formula is C14H24O4. The van der Waals surface area contributed by atoms with Gasteiger partial charge in [-0.2, -0.15) is 0 Å². The van der Waals surface area contributed by atoms with E-state index in [9.17, 15) is 14.4 Å². The highest BCUT2D eigenvalue weighted by Gasteiger charge is 2.03. The van der Waals surface area contributed by atoms with Gasteiger partial charge in [0.05, 0.1) is 0 Å². The van der Waals surface area contributed by atoms with Gasteiger partial charge in [-0.05, 0) is 32.6 Å². The summed E-state index contributed by atoms with van der Waals surface area (Å²) in [6.45, 7) is 1.57. The fraction of sp³-hybridized carbons (Fsp3) is 0.786. The zero-order chi connectivity index (χ0) is 13.8. The van der Waals surface area contributed by atoms with Gasteiger partial charge in [0.15, 0.2) is 0 Å². The Kier molecular flexibility index (Phi) is 10.2. The predicted molar refractivity (Wildman–Crippen MR) is 69.5 cm³/mol. The summed E-state index contributed by atoms with van der Waals surface area (Å²) in [4.78, 5) is 32.4. The van der Waals surface area contributed by atoms with Crippen molar-refractivity contribution in [3.63, 3.8) is 0 Å². The average Bonchev–Trinajstić information content (AvgIpc) is 2.28. The molecule has 0 aliphatic heterocycles. The third-order valence-corrected chi connectivity index (χ3v) is 2.83. The van der Waals surface area contributed by atoms with Gasteiger partial charge in [-0.1, -0.05) is 12.8 Å². The van der Waals surface area contributed by atoms with Crippen LogP contribution in [0.25, 0.3) is 0 Å². The van der Waals surface area contributed by atoms with Crippen LogP contribution in [0.3, 0.4) is 0 Å². The Labute approximate surface area is 109 Å². The largest absolute Gasteiger partial charge is 0.481 e. The molecule has 0 aromatic carbocycles. The summed E-state index contributed by atoms with van der Waals surface area (Å²) in [5, 5.41) is 8.44. The van der Waals surface area contributed by atoms with Gasteiger partial charge in [-0.15, -0.1) is 0 Å². The van der Waals surface area contributed by atoms with E-state index in [2.05, 4.69) is 0 Å². The minimum absolute atomic E-state index is 0.181. The molecule has 0 spiro atoms. The van der Waals surface area contributed by atoms with Gasteiger partial charge in [0.1, 0.15) is 11.6 Å². The molecule has 0 saturated carbocycles. The zero-order valence-electron chi connectivity index (χ0n) is 11.2. The Morgan fingerprint density at radius 2 is 1.17 bits per heavy atom. The van der Waals surface area contributed by atoms with Crippen molar-refractivity contribution in [2.24, 2.45) is 0 Å². The maximum atomic E-state index is 11.4. The van der Waals surface area contributed by atoms with E-state index in [0.717, 1.165) is 32.1 Å². The van der Waals surface area contributed by atoms with E-state index in [4.69, 9.17) is 5.11 Å². The maximum absolute atomic E-state index is 11.4. The van der Waals surface area contributed by atoms with E-state index < -0.39 is 5.97 Å². The standard InChI is InChI=1S/C14H24O4/c1-12(15)8-6-7-10-13(16)9-4-2-3-5-11-14(17)18/h2-11H2,1H3,(H,17,18). The smallest absolute Gasteiger partial charge is 0.303 e. The van der Waals surface area contributed by atoms with Crippen molar-refractivity contribution in [2.45, 2.75) is 71.1 Å². The topological polar surface area (TPSA) is 71.4 Å². The van der Waals surface area contributed by atoms with Crippen LogP contribution < -0.4 is 0 Å². The number of Topliss-reactive ketones (excluding diaryl/α,β-unsaturated/α-hetero) is 2. The molecule has 4 heteroatoms. The van der Waals surface area contributed by atoms with Crippen molar-refractivity contribution < 1.29 is 19.5 Å². The van der Waals surface area contributed by atoms with Crippen molar-refractivity contribution in [1.29, 1.82) is 0 Å². The molecule has 0 aromatic heterocycles. The Balaban J connectivity index is 3.26. The fourth-order valence-electron chi connectivity index (χ4n) is 1.77. The summed E-state index contributed by atoms with van der Waals surface area (Å²) in [7, 11) is 0. The van der Waals surface area contributed by atoms with Crippen LogP contribution in [-0.2, 0) is 14.4 Å². The zero-order valence-corrected chi connectivity index (χ0v) is 11.2. The van der Waals surface area contributed by atoms with Gasteiger partial charge in [0, 0.05) is 25.7 Å². The number of hydrogen-bond acceptors (Lipinski definition) is 3. The number of carboxylic acid groups (broad SMARTS) is 1. The predicted octanol–water partition coefficient (Wildman–Crippen LogP) is 3.13. The van der Waals surface area contributed by atoms with E-state index in [1.165, 1.54) is 0 Å². The first kappa shape index (κ1) is 16.8. The molecule has 18 heavy (non-hydrogen) atoms. The first-order valence-electron chi connectivity index (χ1n) is 6.75. The molecule has 0 aromatic rings. The van der Waals surface area contributed by atoms with Crippen LogP contribution in [0, 0.1) is 0 Å². The number of aliphatic carboxylic acids is 1. The van der Waals surface area contributed by atoms with Gasteiger partial charge in [-0.25, -0.2) is 0 Å². The average molecular weight is 256 g/mol. The van der Waals surface area contributed by atoms with Gasteiger partial charge in [-0.3, -0.25) is 9.59 Å². The molecule has 1 N–H and O–H groups in total. The van der Waals surface area contributed by atoms with Crippen molar-refractivity contribution in [1.82, 2.24) is 0 Å². The number of carbonyl (C=O) groups excluding carboxylic acids is 2. The maximum Gasteiger partial charge on any atom is 0.303 e. The van der Waals surface area contributed by atoms with Crippen molar-refractivity contribution in [3.8, 4) is 0 Å². The lowest BCUT2D eigenvalue weighted by atomic mass is 10.0. The summed E-state index contributed by atoms with van der Waals surface area (Å²) in [5.74, 6) is -0.311. The van der Waals surface area contributed by atoms with Crippen LogP contribution in [0.4, 0.5) is 0 Å². The summed E-state index contributed by atoms with van der Waals surface area (Å²) < 4.78 is 0. The third kappa shape index (κ3) is 12.9. The first-order chi connectivity index (χ1) is 8.52. The number of carboxylic acids is 1. The van der Waals surface area contributed by atoms with E-state index >= 15 is 0 Å². The number of rotatable bonds is 12. The monoisotopic (exact) mass is 256 g/mol. The van der Waals surface area contributed by atoms with Crippen LogP contribution in [0.5, 0.6) is 0 Å². The van der Waals surface area contributed by atoms with E-state index in [1.807, 2.05) is 0 Å². The molecule has 0 radical (unpaired) electrons. The van der Waals surface area contributed by atoms with E-state index in [-0.39, 0.29) is 18.0 Å². The molecule has 0 aliphatic carbocycles. The second-order valence-electron chi connectivity index (χ2n) is 4.76. The van der Waals surface area contributed by atoms with Crippen LogP contribution >= 0.6 is 0 Å². The molecular weight excluding hydrogens is 232 g/mol. The molecule has 0 amide bonds. The number of ketones is 2. The lowest BCUT2D eigenvalue weighted by molar-refractivity contribution is -0.137. The van der Waals surface area contributed by atoms with Crippen molar-refractivity contribution in [2.75, 3.05) is 0 Å². The van der Waals surface area contributed by atoms with Crippen LogP contribution in [0.15, 0.2) is 0 Å². The minimum atomic E-state index is -0.753. The normalized spacial score (nSPS) is 10.3. The molecule has 0 bridgehead atoms. The molecule has 0 heterocycles. The molecule has 0 fully saturated rings. The van der Waals surface area contributed by atoms with Crippen LogP contribution in [0.2, 0.25) is 0 Å². The molecule has 0 aliphatic rings. The summed E-state index contributed by atoms with van der Waals surface area (Å²) in [6, 6.07) is 0. The fourth-order valence-corrected chi connectivity index (χ4v) is 1.77. The SMILES string of the molecule is CC(=O)CCCCC(=O)CCCCCCC(=O)O. The Hall–Kier alpha value is -1.19. The number of carbonyl (C=O) groups is 3. The van der Waals surface area contributed by atoms with Gasteiger partial charge in [0.25, 0.3) is 0 Å². The molecule has 4 nitrogen and oxygen atoms in total. The summed E-state index contributed by atoms with van der Waals surface area (Å²) >= 11 is 0. The van der Waals surface area contributed by atoms with Crippen LogP contribution in [0.1, 0.15) is 71.1 Å². The summed E-state index contributed by atoms with van der Waals surface area (Å²) in [5.41, 5.74) is 0. The number of hydrogen-bond donors (Lipinski definition) is 1. The lowest BCUT2D eigenvalue weighted by Crippen LogP contribution is -1.99. The van der Waals surface area contributed by atoms with Crippen molar-refractivity contribution in [3.05, 3.63) is 0 Å². The Morgan fingerprint density at radius 3 is 1.67 bits per heavy atom. The quantitative estimate of drug-likeness (QED) is 0.544. The van der Waals surface area contributed by atoms with E-state index in [1.54, 1.807) is 6.92 Å². The van der Waals surface area contributed by atoms with Gasteiger partial charge < -0.3 is 9.90 Å². The first-order valence-corrected chi connectivity index (χ1v) is 6.75. The second-order valence-corrected chi connectivity index (χ2v) is 4.76. The summed E-state index contributed by atoms with van der Waals surface area (Å²) in [6.07, 6.45) is 6.91. The lowest BCUT2D eigenvalue weighted by Gasteiger charge is -2.01. The van der Waals surface area contributed by atoms with E-state index in [0.29, 0.717) is 25.7 Å². The highest BCUT2D eigenvalue weighted by Crippen LogP contribution is 2.09. The van der Waals surface area contributed by atoms with Gasteiger partial charge >= 0.3 is 5.97 Å². The number of unbranched alkanes of at least 4 members (excludes halogenated alkanes) is 4. The van der Waals surface area contributed by atoms with Crippen LogP contribution in [-0.4, -0.2) is 22.6 Å². The minimum Gasteiger partial charge on any atom is -0.481 e. The van der Waals surface area contributed by atoms with Crippen molar-refractivity contribution >= 4 is 17.5 Å².